The van der Waals surface area contributed by atoms with E-state index in [9.17, 15) is 4.79 Å². The summed E-state index contributed by atoms with van der Waals surface area (Å²) in [6.07, 6.45) is 3.45. The quantitative estimate of drug-likeness (QED) is 0.837. The molecule has 0 aliphatic carbocycles. The predicted molar refractivity (Wildman–Crippen MR) is 67.9 cm³/mol. The lowest BCUT2D eigenvalue weighted by Crippen LogP contribution is -2.32. The normalized spacial score (nSPS) is 11.8. The maximum absolute atomic E-state index is 10.6. The first-order valence-electron chi connectivity index (χ1n) is 5.67. The average Bonchev–Trinajstić information content (AvgIpc) is 2.42. The molecule has 98 valence electrons. The molecule has 1 heterocycles. The maximum Gasteiger partial charge on any atom is 0.321 e. The number of aromatic nitrogens is 2. The van der Waals surface area contributed by atoms with Crippen molar-refractivity contribution < 1.29 is 14.6 Å². The van der Waals surface area contributed by atoms with Crippen molar-refractivity contribution in [1.29, 1.82) is 0 Å². The third kappa shape index (κ3) is 3.75. The number of aliphatic carboxylic acids is 1. The van der Waals surface area contributed by atoms with Gasteiger partial charge in [0.15, 0.2) is 0 Å². The second-order valence-corrected chi connectivity index (χ2v) is 3.93. The van der Waals surface area contributed by atoms with Crippen LogP contribution in [-0.2, 0) is 11.2 Å². The van der Waals surface area contributed by atoms with Crippen LogP contribution >= 0.6 is 0 Å². The molecule has 1 aromatic heterocycles. The SMILES string of the molecule is N[C@@H](Cc1ccc(Oc2ncccn2)cc1)C(=O)O. The van der Waals surface area contributed by atoms with Crippen LogP contribution in [0, 0.1) is 0 Å². The first-order chi connectivity index (χ1) is 9.15. The van der Waals surface area contributed by atoms with E-state index in [0.717, 1.165) is 5.56 Å². The highest BCUT2D eigenvalue weighted by molar-refractivity contribution is 5.73. The van der Waals surface area contributed by atoms with Gasteiger partial charge in [0.1, 0.15) is 11.8 Å². The number of rotatable bonds is 5. The van der Waals surface area contributed by atoms with Crippen molar-refractivity contribution in [1.82, 2.24) is 9.97 Å². The molecule has 0 amide bonds. The van der Waals surface area contributed by atoms with Crippen molar-refractivity contribution in [3.8, 4) is 11.8 Å². The molecule has 0 unspecified atom stereocenters. The molecule has 19 heavy (non-hydrogen) atoms. The predicted octanol–water partition coefficient (Wildman–Crippen LogP) is 1.22. The summed E-state index contributed by atoms with van der Waals surface area (Å²) < 4.78 is 5.42. The van der Waals surface area contributed by atoms with Crippen molar-refractivity contribution in [3.05, 3.63) is 48.3 Å². The Bertz CT molecular complexity index is 543. The van der Waals surface area contributed by atoms with Gasteiger partial charge >= 0.3 is 12.0 Å². The molecule has 6 heteroatoms. The molecule has 1 atom stereocenters. The molecule has 0 saturated carbocycles. The van der Waals surface area contributed by atoms with Crippen LogP contribution < -0.4 is 10.5 Å². The van der Waals surface area contributed by atoms with Crippen LogP contribution in [0.15, 0.2) is 42.7 Å². The molecule has 1 aromatic carbocycles. The lowest BCUT2D eigenvalue weighted by atomic mass is 10.1. The van der Waals surface area contributed by atoms with Gasteiger partial charge in [0.05, 0.1) is 0 Å². The minimum Gasteiger partial charge on any atom is -0.480 e. The number of carbonyl (C=O) groups is 1. The van der Waals surface area contributed by atoms with Gasteiger partial charge in [-0.2, -0.15) is 0 Å². The highest BCUT2D eigenvalue weighted by atomic mass is 16.5. The molecule has 0 aliphatic heterocycles. The number of hydrogen-bond donors (Lipinski definition) is 2. The second kappa shape index (κ2) is 5.92. The minimum atomic E-state index is -1.02. The molecule has 2 aromatic rings. The van der Waals surface area contributed by atoms with E-state index < -0.39 is 12.0 Å². The summed E-state index contributed by atoms with van der Waals surface area (Å²) in [6.45, 7) is 0. The van der Waals surface area contributed by atoms with Gasteiger partial charge in [0, 0.05) is 12.4 Å². The van der Waals surface area contributed by atoms with Gasteiger partial charge < -0.3 is 15.6 Å². The summed E-state index contributed by atoms with van der Waals surface area (Å²) >= 11 is 0. The Kier molecular flexibility index (Phi) is 4.04. The molecule has 2 rings (SSSR count). The summed E-state index contributed by atoms with van der Waals surface area (Å²) in [5.74, 6) is -0.433. The topological polar surface area (TPSA) is 98.3 Å². The number of benzene rings is 1. The third-order valence-electron chi connectivity index (χ3n) is 2.45. The van der Waals surface area contributed by atoms with Crippen LogP contribution in [0.5, 0.6) is 11.8 Å². The van der Waals surface area contributed by atoms with Gasteiger partial charge in [0.2, 0.25) is 0 Å². The van der Waals surface area contributed by atoms with Crippen LogP contribution in [0.3, 0.4) is 0 Å². The highest BCUT2D eigenvalue weighted by Gasteiger charge is 2.11. The average molecular weight is 259 g/mol. The van der Waals surface area contributed by atoms with E-state index in [0.29, 0.717) is 5.75 Å². The van der Waals surface area contributed by atoms with Gasteiger partial charge in [-0.25, -0.2) is 9.97 Å². The first kappa shape index (κ1) is 13.0. The molecule has 0 saturated heterocycles. The molecule has 0 aliphatic rings. The molecule has 0 bridgehead atoms. The Morgan fingerprint density at radius 2 is 1.89 bits per heavy atom. The van der Waals surface area contributed by atoms with Crippen molar-refractivity contribution in [3.63, 3.8) is 0 Å². The minimum absolute atomic E-state index is 0.262. The number of ether oxygens (including phenoxy) is 1. The Labute approximate surface area is 109 Å². The summed E-state index contributed by atoms with van der Waals surface area (Å²) in [7, 11) is 0. The van der Waals surface area contributed by atoms with Crippen LogP contribution in [0.25, 0.3) is 0 Å². The fraction of sp³-hybridized carbons (Fsp3) is 0.154. The van der Waals surface area contributed by atoms with Crippen LogP contribution in [0.4, 0.5) is 0 Å². The molecule has 0 spiro atoms. The van der Waals surface area contributed by atoms with Gasteiger partial charge in [-0.3, -0.25) is 4.79 Å². The van der Waals surface area contributed by atoms with E-state index >= 15 is 0 Å². The number of carboxylic acids is 1. The van der Waals surface area contributed by atoms with E-state index in [1.54, 1.807) is 42.7 Å². The van der Waals surface area contributed by atoms with E-state index in [4.69, 9.17) is 15.6 Å². The fourth-order valence-electron chi connectivity index (χ4n) is 1.48. The van der Waals surface area contributed by atoms with Crippen LogP contribution in [0.2, 0.25) is 0 Å². The van der Waals surface area contributed by atoms with Crippen LogP contribution in [-0.4, -0.2) is 27.1 Å². The molecular weight excluding hydrogens is 246 g/mol. The number of hydrogen-bond acceptors (Lipinski definition) is 5. The van der Waals surface area contributed by atoms with E-state index in [2.05, 4.69) is 9.97 Å². The summed E-state index contributed by atoms with van der Waals surface area (Å²) in [6, 6.07) is 8.04. The fourth-order valence-corrected chi connectivity index (χ4v) is 1.48. The van der Waals surface area contributed by atoms with E-state index in [1.165, 1.54) is 0 Å². The summed E-state index contributed by atoms with van der Waals surface area (Å²) in [4.78, 5) is 18.5. The van der Waals surface area contributed by atoms with E-state index in [-0.39, 0.29) is 12.4 Å². The zero-order valence-corrected chi connectivity index (χ0v) is 10.1. The van der Waals surface area contributed by atoms with Gasteiger partial charge in [-0.05, 0) is 30.2 Å². The Morgan fingerprint density at radius 1 is 1.26 bits per heavy atom. The van der Waals surface area contributed by atoms with Crippen molar-refractivity contribution in [2.45, 2.75) is 12.5 Å². The third-order valence-corrected chi connectivity index (χ3v) is 2.45. The second-order valence-electron chi connectivity index (χ2n) is 3.93. The highest BCUT2D eigenvalue weighted by Crippen LogP contribution is 2.18. The molecule has 3 N–H and O–H groups in total. The Balaban J connectivity index is 2.01. The standard InChI is InChI=1S/C13H13N3O3/c14-11(12(17)18)8-9-2-4-10(5-3-9)19-13-15-6-1-7-16-13/h1-7,11H,8,14H2,(H,17,18)/t11-/m0/s1. The molecule has 0 fully saturated rings. The van der Waals surface area contributed by atoms with E-state index in [1.807, 2.05) is 0 Å². The summed E-state index contributed by atoms with van der Waals surface area (Å²) in [5.41, 5.74) is 6.29. The van der Waals surface area contributed by atoms with Crippen molar-refractivity contribution in [2.24, 2.45) is 5.73 Å². The summed E-state index contributed by atoms with van der Waals surface area (Å²) in [5, 5.41) is 8.73. The molecule has 6 nitrogen and oxygen atoms in total. The Morgan fingerprint density at radius 3 is 2.47 bits per heavy atom. The number of nitrogens with zero attached hydrogens (tertiary/aromatic N) is 2. The Hall–Kier alpha value is -2.47. The first-order valence-corrected chi connectivity index (χ1v) is 5.67. The lowest BCUT2D eigenvalue weighted by Gasteiger charge is -2.07. The maximum atomic E-state index is 10.6. The number of carboxylic acid groups (broad SMARTS) is 1. The molecular formula is C13H13N3O3. The lowest BCUT2D eigenvalue weighted by molar-refractivity contribution is -0.138. The smallest absolute Gasteiger partial charge is 0.321 e. The van der Waals surface area contributed by atoms with Gasteiger partial charge in [-0.1, -0.05) is 12.1 Å². The zero-order valence-electron chi connectivity index (χ0n) is 10.1. The molecule has 0 radical (unpaired) electrons. The van der Waals surface area contributed by atoms with Gasteiger partial charge in [-0.15, -0.1) is 0 Å². The monoisotopic (exact) mass is 259 g/mol. The van der Waals surface area contributed by atoms with Gasteiger partial charge in [0.25, 0.3) is 0 Å². The van der Waals surface area contributed by atoms with Crippen molar-refractivity contribution in [2.75, 3.05) is 0 Å². The van der Waals surface area contributed by atoms with Crippen molar-refractivity contribution >= 4 is 5.97 Å². The zero-order chi connectivity index (χ0) is 13.7. The largest absolute Gasteiger partial charge is 0.480 e. The number of nitrogens with two attached hydrogens (primary N) is 1. The van der Waals surface area contributed by atoms with Crippen LogP contribution in [0.1, 0.15) is 5.56 Å².